The predicted molar refractivity (Wildman–Crippen MR) is 92.0 cm³/mol. The summed E-state index contributed by atoms with van der Waals surface area (Å²) in [5, 5.41) is 2.54. The summed E-state index contributed by atoms with van der Waals surface area (Å²) in [5.41, 5.74) is 5.96. The van der Waals surface area contributed by atoms with Gasteiger partial charge in [-0.2, -0.15) is 0 Å². The van der Waals surface area contributed by atoms with Crippen LogP contribution in [0.4, 0.5) is 5.69 Å². The number of nitrogens with one attached hydrogen (secondary N) is 3. The normalized spacial score (nSPS) is 10.0. The summed E-state index contributed by atoms with van der Waals surface area (Å²) in [6.45, 7) is 0.122. The molecular formula is C17H20N4O4. The van der Waals surface area contributed by atoms with E-state index < -0.39 is 17.7 Å². The minimum absolute atomic E-state index is 0.0183. The molecule has 2 aromatic rings. The van der Waals surface area contributed by atoms with Crippen molar-refractivity contribution in [2.45, 2.75) is 6.42 Å². The Labute approximate surface area is 145 Å². The van der Waals surface area contributed by atoms with Crippen LogP contribution in [0.3, 0.4) is 0 Å². The standard InChI is InChI=1S/C17H20N4O4/c1-21(2)13-6-3-5-12(11-13)16(23)20-19-15(22)8-9-18-17(24)14-7-4-10-25-14/h3-7,10-11H,8-9H2,1-2H3,(H,18,24)(H,19,22)(H,20,23). The summed E-state index contributed by atoms with van der Waals surface area (Å²) in [4.78, 5) is 37.2. The summed E-state index contributed by atoms with van der Waals surface area (Å²) < 4.78 is 4.93. The molecule has 0 saturated heterocycles. The van der Waals surface area contributed by atoms with Gasteiger partial charge in [-0.3, -0.25) is 25.2 Å². The fraction of sp³-hybridized carbons (Fsp3) is 0.235. The van der Waals surface area contributed by atoms with Crippen LogP contribution in [0.25, 0.3) is 0 Å². The zero-order valence-corrected chi connectivity index (χ0v) is 14.0. The van der Waals surface area contributed by atoms with Crippen LogP contribution in [-0.2, 0) is 4.79 Å². The van der Waals surface area contributed by atoms with E-state index >= 15 is 0 Å². The zero-order valence-electron chi connectivity index (χ0n) is 14.0. The van der Waals surface area contributed by atoms with E-state index in [0.29, 0.717) is 5.56 Å². The van der Waals surface area contributed by atoms with Gasteiger partial charge in [0.25, 0.3) is 11.8 Å². The molecule has 8 nitrogen and oxygen atoms in total. The molecular weight excluding hydrogens is 324 g/mol. The Morgan fingerprint density at radius 1 is 1.04 bits per heavy atom. The number of rotatable bonds is 6. The summed E-state index contributed by atoms with van der Waals surface area (Å²) in [6, 6.07) is 10.1. The molecule has 0 radical (unpaired) electrons. The van der Waals surface area contributed by atoms with E-state index in [1.165, 1.54) is 12.3 Å². The SMILES string of the molecule is CN(C)c1cccc(C(=O)NNC(=O)CCNC(=O)c2ccco2)c1. The molecule has 0 unspecified atom stereocenters. The molecule has 3 amide bonds. The van der Waals surface area contributed by atoms with Crippen LogP contribution in [0.2, 0.25) is 0 Å². The van der Waals surface area contributed by atoms with Gasteiger partial charge in [-0.1, -0.05) is 6.07 Å². The van der Waals surface area contributed by atoms with E-state index in [1.54, 1.807) is 24.3 Å². The average Bonchev–Trinajstić information content (AvgIpc) is 3.14. The van der Waals surface area contributed by atoms with Gasteiger partial charge in [-0.15, -0.1) is 0 Å². The third-order valence-electron chi connectivity index (χ3n) is 3.32. The Kier molecular flexibility index (Phi) is 6.16. The lowest BCUT2D eigenvalue weighted by Crippen LogP contribution is -2.42. The minimum atomic E-state index is -0.420. The topological polar surface area (TPSA) is 104 Å². The first kappa shape index (κ1) is 18.1. The molecule has 1 aromatic heterocycles. The van der Waals surface area contributed by atoms with Crippen molar-refractivity contribution in [3.63, 3.8) is 0 Å². The lowest BCUT2D eigenvalue weighted by Gasteiger charge is -2.13. The van der Waals surface area contributed by atoms with E-state index in [-0.39, 0.29) is 18.7 Å². The minimum Gasteiger partial charge on any atom is -0.459 e. The first-order valence-electron chi connectivity index (χ1n) is 7.65. The second-order valence-corrected chi connectivity index (χ2v) is 5.43. The molecule has 0 atom stereocenters. The van der Waals surface area contributed by atoms with Crippen molar-refractivity contribution in [1.82, 2.24) is 16.2 Å². The number of hydrogen-bond acceptors (Lipinski definition) is 5. The Balaban J connectivity index is 1.73. The zero-order chi connectivity index (χ0) is 18.2. The third-order valence-corrected chi connectivity index (χ3v) is 3.32. The van der Waals surface area contributed by atoms with Gasteiger partial charge in [0.2, 0.25) is 5.91 Å². The number of carbonyl (C=O) groups is 3. The molecule has 0 aliphatic heterocycles. The number of nitrogens with zero attached hydrogens (tertiary/aromatic N) is 1. The molecule has 0 aliphatic carbocycles. The molecule has 0 fully saturated rings. The quantitative estimate of drug-likeness (QED) is 0.676. The van der Waals surface area contributed by atoms with Crippen molar-refractivity contribution < 1.29 is 18.8 Å². The van der Waals surface area contributed by atoms with Gasteiger partial charge in [0.15, 0.2) is 5.76 Å². The van der Waals surface area contributed by atoms with E-state index in [0.717, 1.165) is 5.69 Å². The molecule has 3 N–H and O–H groups in total. The van der Waals surface area contributed by atoms with Crippen LogP contribution in [0.1, 0.15) is 27.3 Å². The second-order valence-electron chi connectivity index (χ2n) is 5.43. The highest BCUT2D eigenvalue weighted by molar-refractivity contribution is 5.96. The summed E-state index contributed by atoms with van der Waals surface area (Å²) >= 11 is 0. The molecule has 8 heteroatoms. The van der Waals surface area contributed by atoms with Gasteiger partial charge in [-0.25, -0.2) is 0 Å². The van der Waals surface area contributed by atoms with E-state index in [9.17, 15) is 14.4 Å². The molecule has 1 heterocycles. The third kappa shape index (κ3) is 5.38. The molecule has 0 spiro atoms. The first-order valence-corrected chi connectivity index (χ1v) is 7.65. The van der Waals surface area contributed by atoms with Crippen molar-refractivity contribution in [2.24, 2.45) is 0 Å². The number of carbonyl (C=O) groups excluding carboxylic acids is 3. The van der Waals surface area contributed by atoms with Crippen molar-refractivity contribution in [2.75, 3.05) is 25.5 Å². The van der Waals surface area contributed by atoms with Crippen LogP contribution in [0.15, 0.2) is 47.1 Å². The van der Waals surface area contributed by atoms with Crippen LogP contribution >= 0.6 is 0 Å². The highest BCUT2D eigenvalue weighted by Gasteiger charge is 2.10. The molecule has 1 aromatic carbocycles. The van der Waals surface area contributed by atoms with E-state index in [4.69, 9.17) is 4.42 Å². The van der Waals surface area contributed by atoms with Crippen molar-refractivity contribution in [3.05, 3.63) is 54.0 Å². The largest absolute Gasteiger partial charge is 0.459 e. The Bertz CT molecular complexity index is 741. The maximum atomic E-state index is 12.0. The fourth-order valence-corrected chi connectivity index (χ4v) is 1.97. The number of hydrazine groups is 1. The molecule has 132 valence electrons. The van der Waals surface area contributed by atoms with Gasteiger partial charge >= 0.3 is 0 Å². The Morgan fingerprint density at radius 3 is 2.52 bits per heavy atom. The van der Waals surface area contributed by atoms with Crippen LogP contribution in [0.5, 0.6) is 0 Å². The molecule has 2 rings (SSSR count). The van der Waals surface area contributed by atoms with Gasteiger partial charge in [0.1, 0.15) is 0 Å². The number of benzene rings is 1. The Hall–Kier alpha value is -3.29. The summed E-state index contributed by atoms with van der Waals surface area (Å²) in [5.74, 6) is -1.06. The molecule has 0 bridgehead atoms. The smallest absolute Gasteiger partial charge is 0.286 e. The van der Waals surface area contributed by atoms with Gasteiger partial charge in [0.05, 0.1) is 6.26 Å². The van der Waals surface area contributed by atoms with E-state index in [2.05, 4.69) is 16.2 Å². The van der Waals surface area contributed by atoms with Gasteiger partial charge in [0, 0.05) is 38.3 Å². The van der Waals surface area contributed by atoms with E-state index in [1.807, 2.05) is 25.1 Å². The second kappa shape index (κ2) is 8.53. The van der Waals surface area contributed by atoms with Gasteiger partial charge < -0.3 is 14.6 Å². The number of furan rings is 1. The van der Waals surface area contributed by atoms with Crippen LogP contribution in [0, 0.1) is 0 Å². The monoisotopic (exact) mass is 344 g/mol. The van der Waals surface area contributed by atoms with Gasteiger partial charge in [-0.05, 0) is 30.3 Å². The van der Waals surface area contributed by atoms with Crippen LogP contribution in [-0.4, -0.2) is 38.4 Å². The van der Waals surface area contributed by atoms with Crippen molar-refractivity contribution >= 4 is 23.4 Å². The van der Waals surface area contributed by atoms with Crippen LogP contribution < -0.4 is 21.1 Å². The molecule has 0 aliphatic rings. The Morgan fingerprint density at radius 2 is 1.84 bits per heavy atom. The van der Waals surface area contributed by atoms with Crippen molar-refractivity contribution in [3.8, 4) is 0 Å². The summed E-state index contributed by atoms with van der Waals surface area (Å²) in [6.07, 6.45) is 1.41. The number of anilines is 1. The fourth-order valence-electron chi connectivity index (χ4n) is 1.97. The highest BCUT2D eigenvalue weighted by atomic mass is 16.3. The van der Waals surface area contributed by atoms with Crippen molar-refractivity contribution in [1.29, 1.82) is 0 Å². The number of hydrogen-bond donors (Lipinski definition) is 3. The lowest BCUT2D eigenvalue weighted by atomic mass is 10.2. The maximum absolute atomic E-state index is 12.0. The molecule has 25 heavy (non-hydrogen) atoms. The maximum Gasteiger partial charge on any atom is 0.286 e. The number of amides is 3. The first-order chi connectivity index (χ1) is 12.0. The predicted octanol–water partition coefficient (Wildman–Crippen LogP) is 0.927. The molecule has 0 saturated carbocycles. The average molecular weight is 344 g/mol. The highest BCUT2D eigenvalue weighted by Crippen LogP contribution is 2.12. The summed E-state index contributed by atoms with van der Waals surface area (Å²) in [7, 11) is 3.74. The lowest BCUT2D eigenvalue weighted by molar-refractivity contribution is -0.121.